The summed E-state index contributed by atoms with van der Waals surface area (Å²) in [7, 11) is 3.16. The summed E-state index contributed by atoms with van der Waals surface area (Å²) >= 11 is 0. The summed E-state index contributed by atoms with van der Waals surface area (Å²) in [5.41, 5.74) is 3.37. The highest BCUT2D eigenvalue weighted by Crippen LogP contribution is 2.32. The minimum atomic E-state index is -0.252. The Kier molecular flexibility index (Phi) is 6.75. The lowest BCUT2D eigenvalue weighted by atomic mass is 9.96. The predicted molar refractivity (Wildman–Crippen MR) is 138 cm³/mol. The molecule has 0 spiro atoms. The first-order valence-corrected chi connectivity index (χ1v) is 12.0. The van der Waals surface area contributed by atoms with Gasteiger partial charge in [-0.05, 0) is 54.8 Å². The Labute approximate surface area is 209 Å². The molecule has 3 aromatic carbocycles. The van der Waals surface area contributed by atoms with E-state index in [1.165, 1.54) is 6.07 Å². The van der Waals surface area contributed by atoms with Crippen LogP contribution >= 0.6 is 0 Å². The van der Waals surface area contributed by atoms with Gasteiger partial charge in [-0.3, -0.25) is 4.79 Å². The molecule has 1 fully saturated rings. The molecule has 7 nitrogen and oxygen atoms in total. The monoisotopic (exact) mass is 488 g/mol. The molecule has 4 aromatic rings. The van der Waals surface area contributed by atoms with Crippen molar-refractivity contribution in [3.05, 3.63) is 78.1 Å². The van der Waals surface area contributed by atoms with Crippen LogP contribution in [0.4, 0.5) is 16.0 Å². The molecule has 1 amide bonds. The van der Waals surface area contributed by atoms with Gasteiger partial charge in [0, 0.05) is 25.1 Å². The minimum Gasteiger partial charge on any atom is -0.497 e. The summed E-state index contributed by atoms with van der Waals surface area (Å²) in [6.45, 7) is 1.91. The van der Waals surface area contributed by atoms with E-state index in [4.69, 9.17) is 14.5 Å². The highest BCUT2D eigenvalue weighted by molar-refractivity contribution is 5.94. The number of anilines is 2. The molecule has 0 aliphatic carbocycles. The van der Waals surface area contributed by atoms with E-state index in [-0.39, 0.29) is 17.6 Å². The van der Waals surface area contributed by atoms with Crippen molar-refractivity contribution in [2.45, 2.75) is 19.4 Å². The number of methoxy groups -OCH3 is 2. The normalized spacial score (nSPS) is 14.1. The Morgan fingerprint density at radius 3 is 2.58 bits per heavy atom. The van der Waals surface area contributed by atoms with E-state index in [1.54, 1.807) is 44.6 Å². The summed E-state index contributed by atoms with van der Waals surface area (Å²) in [5.74, 6) is 1.67. The maximum atomic E-state index is 13.8. The number of piperidine rings is 1. The van der Waals surface area contributed by atoms with Crippen molar-refractivity contribution in [2.24, 2.45) is 5.92 Å². The molecule has 36 heavy (non-hydrogen) atoms. The van der Waals surface area contributed by atoms with Crippen molar-refractivity contribution >= 4 is 28.6 Å². The summed E-state index contributed by atoms with van der Waals surface area (Å²) in [4.78, 5) is 20.2. The van der Waals surface area contributed by atoms with Gasteiger partial charge >= 0.3 is 0 Å². The van der Waals surface area contributed by atoms with Crippen molar-refractivity contribution < 1.29 is 18.7 Å². The van der Waals surface area contributed by atoms with Crippen LogP contribution < -0.4 is 19.7 Å². The summed E-state index contributed by atoms with van der Waals surface area (Å²) in [6, 6.07) is 20.0. The minimum absolute atomic E-state index is 0.0329. The van der Waals surface area contributed by atoms with Gasteiger partial charge in [0.2, 0.25) is 11.9 Å². The number of aromatic nitrogens is 2. The Bertz CT molecular complexity index is 1380. The van der Waals surface area contributed by atoms with Crippen LogP contribution in [0.15, 0.2) is 66.7 Å². The van der Waals surface area contributed by atoms with Crippen molar-refractivity contribution in [2.75, 3.05) is 37.5 Å². The zero-order valence-corrected chi connectivity index (χ0v) is 20.4. The van der Waals surface area contributed by atoms with Gasteiger partial charge in [0.25, 0.3) is 0 Å². The van der Waals surface area contributed by atoms with Crippen LogP contribution in [0.2, 0.25) is 0 Å². The number of amides is 1. The average molecular weight is 489 g/mol. The van der Waals surface area contributed by atoms with Gasteiger partial charge in [-0.15, -0.1) is 0 Å². The molecule has 8 heteroatoms. The summed E-state index contributed by atoms with van der Waals surface area (Å²) in [5, 5.41) is 3.01. The Hall–Kier alpha value is -4.07. The lowest BCUT2D eigenvalue weighted by Gasteiger charge is -2.32. The number of fused-ring (bicyclic) bond motifs is 1. The third-order valence-corrected chi connectivity index (χ3v) is 6.68. The topological polar surface area (TPSA) is 68.6 Å². The lowest BCUT2D eigenvalue weighted by Crippen LogP contribution is -2.39. The summed E-state index contributed by atoms with van der Waals surface area (Å²) < 4.78 is 26.7. The molecule has 0 unspecified atom stereocenters. The van der Waals surface area contributed by atoms with Gasteiger partial charge in [-0.2, -0.15) is 0 Å². The molecule has 1 aliphatic heterocycles. The molecule has 186 valence electrons. The number of hydrogen-bond donors (Lipinski definition) is 1. The number of para-hydroxylation sites is 2. The number of imidazole rings is 1. The van der Waals surface area contributed by atoms with Gasteiger partial charge in [0.05, 0.1) is 37.5 Å². The van der Waals surface area contributed by atoms with Crippen molar-refractivity contribution in [3.8, 4) is 11.5 Å². The van der Waals surface area contributed by atoms with Crippen LogP contribution in [0.5, 0.6) is 11.5 Å². The largest absolute Gasteiger partial charge is 0.497 e. The van der Waals surface area contributed by atoms with Crippen LogP contribution in [0, 0.1) is 11.7 Å². The van der Waals surface area contributed by atoms with Crippen LogP contribution in [-0.2, 0) is 11.3 Å². The van der Waals surface area contributed by atoms with Gasteiger partial charge in [0.1, 0.15) is 17.3 Å². The highest BCUT2D eigenvalue weighted by atomic mass is 19.1. The molecular weight excluding hydrogens is 459 g/mol. The Balaban J connectivity index is 1.32. The lowest BCUT2D eigenvalue weighted by molar-refractivity contribution is -0.120. The maximum Gasteiger partial charge on any atom is 0.227 e. The SMILES string of the molecule is COc1ccc(OC)c(NC(=O)C2CCN(c3nc4ccccc4n3Cc3cccc(F)c3)CC2)c1. The third-order valence-electron chi connectivity index (χ3n) is 6.68. The first kappa shape index (κ1) is 23.7. The molecule has 1 aromatic heterocycles. The molecule has 1 saturated heterocycles. The highest BCUT2D eigenvalue weighted by Gasteiger charge is 2.28. The second-order valence-corrected chi connectivity index (χ2v) is 8.93. The Morgan fingerprint density at radius 2 is 1.83 bits per heavy atom. The molecule has 1 N–H and O–H groups in total. The van der Waals surface area contributed by atoms with Crippen LogP contribution in [0.1, 0.15) is 18.4 Å². The average Bonchev–Trinajstić information content (AvgIpc) is 3.27. The number of benzene rings is 3. The maximum absolute atomic E-state index is 13.8. The predicted octanol–water partition coefficient (Wildman–Crippen LogP) is 5.10. The molecular formula is C28H29FN4O3. The van der Waals surface area contributed by atoms with Crippen molar-refractivity contribution in [1.82, 2.24) is 9.55 Å². The standard InChI is InChI=1S/C28H29FN4O3/c1-35-22-10-11-26(36-2)24(17-22)30-27(34)20-12-14-32(15-13-20)28-31-23-8-3-4-9-25(23)33(28)18-19-6-5-7-21(29)16-19/h3-11,16-17,20H,12-15,18H2,1-2H3,(H,30,34). The fraction of sp³-hybridized carbons (Fsp3) is 0.286. The van der Waals surface area contributed by atoms with E-state index >= 15 is 0 Å². The molecule has 2 heterocycles. The van der Waals surface area contributed by atoms with Crippen LogP contribution in [-0.4, -0.2) is 42.8 Å². The fourth-order valence-electron chi connectivity index (χ4n) is 4.77. The Morgan fingerprint density at radius 1 is 1.03 bits per heavy atom. The second kappa shape index (κ2) is 10.3. The quantitative estimate of drug-likeness (QED) is 0.392. The van der Waals surface area contributed by atoms with Gasteiger partial charge in [0.15, 0.2) is 0 Å². The number of nitrogens with zero attached hydrogens (tertiary/aromatic N) is 3. The summed E-state index contributed by atoms with van der Waals surface area (Å²) in [6.07, 6.45) is 1.39. The van der Waals surface area contributed by atoms with E-state index in [9.17, 15) is 9.18 Å². The van der Waals surface area contributed by atoms with Crippen LogP contribution in [0.3, 0.4) is 0 Å². The number of hydrogen-bond acceptors (Lipinski definition) is 5. The smallest absolute Gasteiger partial charge is 0.227 e. The number of carbonyl (C=O) groups is 1. The van der Waals surface area contributed by atoms with Crippen molar-refractivity contribution in [3.63, 3.8) is 0 Å². The van der Waals surface area contributed by atoms with E-state index in [2.05, 4.69) is 14.8 Å². The second-order valence-electron chi connectivity index (χ2n) is 8.93. The fourth-order valence-corrected chi connectivity index (χ4v) is 4.77. The molecule has 0 radical (unpaired) electrons. The molecule has 0 atom stereocenters. The zero-order chi connectivity index (χ0) is 25.1. The van der Waals surface area contributed by atoms with E-state index in [1.807, 2.05) is 30.3 Å². The van der Waals surface area contributed by atoms with Gasteiger partial charge in [-0.1, -0.05) is 24.3 Å². The zero-order valence-electron chi connectivity index (χ0n) is 20.4. The first-order valence-electron chi connectivity index (χ1n) is 12.0. The van der Waals surface area contributed by atoms with Crippen molar-refractivity contribution in [1.29, 1.82) is 0 Å². The van der Waals surface area contributed by atoms with Gasteiger partial charge < -0.3 is 24.3 Å². The van der Waals surface area contributed by atoms with Gasteiger partial charge in [-0.25, -0.2) is 9.37 Å². The number of nitrogens with one attached hydrogen (secondary N) is 1. The number of halogens is 1. The number of carbonyl (C=O) groups excluding carboxylic acids is 1. The van der Waals surface area contributed by atoms with E-state index in [0.717, 1.165) is 22.5 Å². The molecule has 0 bridgehead atoms. The molecule has 0 saturated carbocycles. The third kappa shape index (κ3) is 4.84. The first-order chi connectivity index (χ1) is 17.6. The molecule has 5 rings (SSSR count). The number of rotatable bonds is 7. The van der Waals surface area contributed by atoms with E-state index < -0.39 is 0 Å². The number of ether oxygens (including phenoxy) is 2. The molecule has 1 aliphatic rings. The van der Waals surface area contributed by atoms with E-state index in [0.29, 0.717) is 49.7 Å². The van der Waals surface area contributed by atoms with Crippen LogP contribution in [0.25, 0.3) is 11.0 Å².